The first-order valence-electron chi connectivity index (χ1n) is 10.8. The normalized spacial score (nSPS) is 14.5. The fourth-order valence-electron chi connectivity index (χ4n) is 3.47. The summed E-state index contributed by atoms with van der Waals surface area (Å²) in [6, 6.07) is 1.20. The average Bonchev–Trinajstić information content (AvgIpc) is 2.80. The van der Waals surface area contributed by atoms with Gasteiger partial charge in [-0.3, -0.25) is 9.59 Å². The highest BCUT2D eigenvalue weighted by Gasteiger charge is 2.41. The van der Waals surface area contributed by atoms with Gasteiger partial charge in [-0.2, -0.15) is 39.5 Å². The van der Waals surface area contributed by atoms with Gasteiger partial charge >= 0.3 is 18.5 Å². The quantitative estimate of drug-likeness (QED) is 0.335. The number of hydrogen-bond acceptors (Lipinski definition) is 2. The maximum absolute atomic E-state index is 14.9. The topological polar surface area (TPSA) is 49.4 Å². The summed E-state index contributed by atoms with van der Waals surface area (Å²) >= 11 is 5.44. The molecule has 2 aromatic carbocycles. The fraction of sp³-hybridized carbons (Fsp3) is 0.333. The molecule has 2 aromatic rings. The fourth-order valence-corrected chi connectivity index (χ4v) is 3.58. The van der Waals surface area contributed by atoms with Crippen LogP contribution in [0, 0.1) is 5.82 Å². The van der Waals surface area contributed by atoms with Gasteiger partial charge in [0, 0.05) is 12.6 Å². The molecule has 0 saturated carbocycles. The minimum absolute atomic E-state index is 0.0406. The molecule has 0 bridgehead atoms. The molecule has 2 rings (SSSR count). The number of benzene rings is 2. The molecule has 2 amide bonds. The Bertz CT molecular complexity index is 1290. The van der Waals surface area contributed by atoms with Gasteiger partial charge in [0.25, 0.3) is 5.91 Å². The Balaban J connectivity index is 2.44. The molecule has 0 saturated heterocycles. The molecule has 1 N–H and O–H groups in total. The van der Waals surface area contributed by atoms with Crippen molar-refractivity contribution in [3.05, 3.63) is 75.6 Å². The molecule has 0 fully saturated rings. The summed E-state index contributed by atoms with van der Waals surface area (Å²) in [7, 11) is 0.746. The van der Waals surface area contributed by atoms with Crippen LogP contribution in [-0.4, -0.2) is 48.7 Å². The Hall–Kier alpha value is -3.36. The van der Waals surface area contributed by atoms with Gasteiger partial charge in [0.05, 0.1) is 16.1 Å². The van der Waals surface area contributed by atoms with E-state index < -0.39 is 87.8 Å². The van der Waals surface area contributed by atoms with E-state index in [1.165, 1.54) is 0 Å². The second-order valence-corrected chi connectivity index (χ2v) is 8.88. The molecule has 0 aliphatic rings. The van der Waals surface area contributed by atoms with E-state index in [2.05, 4.69) is 0 Å². The molecule has 40 heavy (non-hydrogen) atoms. The number of likely N-dealkylation sites (N-methyl/N-ethyl adjacent to an activating group) is 1. The lowest BCUT2D eigenvalue weighted by Gasteiger charge is -2.23. The van der Waals surface area contributed by atoms with Crippen LogP contribution in [-0.2, 0) is 11.0 Å². The van der Waals surface area contributed by atoms with E-state index >= 15 is 0 Å². The maximum Gasteiger partial charge on any atom is 0.417 e. The molecule has 0 aliphatic heterocycles. The van der Waals surface area contributed by atoms with Crippen molar-refractivity contribution in [3.8, 4) is 0 Å². The van der Waals surface area contributed by atoms with Gasteiger partial charge in [-0.25, -0.2) is 8.78 Å². The van der Waals surface area contributed by atoms with Crippen molar-refractivity contribution in [2.45, 2.75) is 37.4 Å². The van der Waals surface area contributed by atoms with E-state index in [0.717, 1.165) is 26.1 Å². The van der Waals surface area contributed by atoms with Crippen LogP contribution in [0.2, 0.25) is 5.02 Å². The lowest BCUT2D eigenvalue weighted by atomic mass is 9.95. The van der Waals surface area contributed by atoms with Gasteiger partial charge in [-0.15, -0.1) is 0 Å². The van der Waals surface area contributed by atoms with E-state index in [0.29, 0.717) is 18.2 Å². The van der Waals surface area contributed by atoms with Crippen LogP contribution in [0.4, 0.5) is 48.3 Å². The molecule has 220 valence electrons. The molecular formula is C24H18ClF11N2O2. The van der Waals surface area contributed by atoms with Crippen molar-refractivity contribution in [2.24, 2.45) is 0 Å². The second-order valence-electron chi connectivity index (χ2n) is 8.47. The van der Waals surface area contributed by atoms with Crippen LogP contribution < -0.4 is 5.32 Å². The molecule has 4 nitrogen and oxygen atoms in total. The van der Waals surface area contributed by atoms with Crippen LogP contribution in [0.5, 0.6) is 0 Å². The van der Waals surface area contributed by atoms with Crippen LogP contribution in [0.25, 0.3) is 5.83 Å². The van der Waals surface area contributed by atoms with Crippen LogP contribution in [0.3, 0.4) is 0 Å². The summed E-state index contributed by atoms with van der Waals surface area (Å²) in [5.74, 6) is -8.71. The number of allylic oxidation sites excluding steroid dienone is 1. The standard InChI is InChI=1S/C24H18ClF11N2O2/c1-11(21(40)38(2)10-22(28,29)30)37-20(39)14-5-3-13(7-16(14)24(34,35)36)18(26)9-15(23(31,32)33)12-4-6-17(25)19(27)8-12/h3-9,11,15H,10H2,1-2H3,(H,37,39)/b18-9-/t11-,15?/m1/s1. The first-order chi connectivity index (χ1) is 18.1. The summed E-state index contributed by atoms with van der Waals surface area (Å²) in [5.41, 5.74) is -4.82. The molecule has 1 unspecified atom stereocenters. The summed E-state index contributed by atoms with van der Waals surface area (Å²) in [6.07, 6.45) is -15.4. The number of amides is 2. The molecular weight excluding hydrogens is 593 g/mol. The van der Waals surface area contributed by atoms with Crippen LogP contribution >= 0.6 is 11.6 Å². The van der Waals surface area contributed by atoms with Crippen molar-refractivity contribution >= 4 is 29.2 Å². The van der Waals surface area contributed by atoms with E-state index in [1.54, 1.807) is 5.32 Å². The average molecular weight is 611 g/mol. The zero-order valence-corrected chi connectivity index (χ0v) is 21.0. The van der Waals surface area contributed by atoms with Crippen LogP contribution in [0.1, 0.15) is 39.9 Å². The summed E-state index contributed by atoms with van der Waals surface area (Å²) < 4.78 is 148. The first kappa shape index (κ1) is 32.8. The predicted molar refractivity (Wildman–Crippen MR) is 121 cm³/mol. The van der Waals surface area contributed by atoms with Crippen molar-refractivity contribution in [3.63, 3.8) is 0 Å². The molecule has 16 heteroatoms. The molecule has 2 atom stereocenters. The number of carbonyl (C=O) groups excluding carboxylic acids is 2. The van der Waals surface area contributed by atoms with Crippen molar-refractivity contribution in [1.29, 1.82) is 0 Å². The zero-order chi connectivity index (χ0) is 30.8. The second kappa shape index (κ2) is 12.0. The Morgan fingerprint density at radius 2 is 1.60 bits per heavy atom. The molecule has 0 spiro atoms. The number of nitrogens with one attached hydrogen (secondary N) is 1. The Morgan fingerprint density at radius 3 is 2.10 bits per heavy atom. The summed E-state index contributed by atoms with van der Waals surface area (Å²) in [4.78, 5) is 24.7. The van der Waals surface area contributed by atoms with Gasteiger partial charge in [0.1, 0.15) is 30.1 Å². The summed E-state index contributed by atoms with van der Waals surface area (Å²) in [6.45, 7) is -0.796. The minimum atomic E-state index is -5.36. The maximum atomic E-state index is 14.9. The Morgan fingerprint density at radius 1 is 1.00 bits per heavy atom. The first-order valence-corrected chi connectivity index (χ1v) is 11.2. The molecule has 0 aliphatic carbocycles. The highest BCUT2D eigenvalue weighted by atomic mass is 35.5. The van der Waals surface area contributed by atoms with E-state index in [9.17, 15) is 57.9 Å². The number of nitrogens with zero attached hydrogens (tertiary/aromatic N) is 1. The number of hydrogen-bond donors (Lipinski definition) is 1. The van der Waals surface area contributed by atoms with E-state index in [4.69, 9.17) is 11.6 Å². The number of carbonyl (C=O) groups is 2. The van der Waals surface area contributed by atoms with Crippen molar-refractivity contribution in [2.75, 3.05) is 13.6 Å². The van der Waals surface area contributed by atoms with Crippen LogP contribution in [0.15, 0.2) is 42.5 Å². The van der Waals surface area contributed by atoms with Gasteiger partial charge < -0.3 is 10.2 Å². The van der Waals surface area contributed by atoms with Gasteiger partial charge in [-0.05, 0) is 42.8 Å². The molecule has 0 aromatic heterocycles. The number of alkyl halides is 9. The SMILES string of the molecule is C[C@@H](NC(=O)c1ccc(/C(F)=C/C(c2ccc(Cl)c(F)c2)C(F)(F)F)cc1C(F)(F)F)C(=O)N(C)CC(F)(F)F. The third-order valence-corrected chi connectivity index (χ3v) is 5.63. The van der Waals surface area contributed by atoms with E-state index in [-0.39, 0.29) is 17.0 Å². The largest absolute Gasteiger partial charge is 0.417 e. The highest BCUT2D eigenvalue weighted by Crippen LogP contribution is 2.40. The zero-order valence-electron chi connectivity index (χ0n) is 20.2. The Labute approximate surface area is 224 Å². The number of rotatable bonds is 7. The number of halogens is 12. The van der Waals surface area contributed by atoms with Gasteiger partial charge in [-0.1, -0.05) is 23.7 Å². The predicted octanol–water partition coefficient (Wildman–Crippen LogP) is 7.29. The van der Waals surface area contributed by atoms with Gasteiger partial charge in [0.2, 0.25) is 5.91 Å². The van der Waals surface area contributed by atoms with Gasteiger partial charge in [0.15, 0.2) is 0 Å². The lowest BCUT2D eigenvalue weighted by molar-refractivity contribution is -0.159. The Kier molecular flexibility index (Phi) is 9.87. The smallest absolute Gasteiger partial charge is 0.341 e. The summed E-state index contributed by atoms with van der Waals surface area (Å²) in [5, 5.41) is 1.28. The monoisotopic (exact) mass is 610 g/mol. The van der Waals surface area contributed by atoms with E-state index in [1.807, 2.05) is 0 Å². The third-order valence-electron chi connectivity index (χ3n) is 5.32. The third kappa shape index (κ3) is 8.57. The molecule has 0 heterocycles. The van der Waals surface area contributed by atoms with Crippen molar-refractivity contribution < 1.29 is 57.9 Å². The van der Waals surface area contributed by atoms with Crippen molar-refractivity contribution in [1.82, 2.24) is 10.2 Å². The minimum Gasteiger partial charge on any atom is -0.341 e. The highest BCUT2D eigenvalue weighted by molar-refractivity contribution is 6.30. The lowest BCUT2D eigenvalue weighted by Crippen LogP contribution is -2.48. The molecule has 0 radical (unpaired) electrons.